The first kappa shape index (κ1) is 27.1. The molecule has 0 radical (unpaired) electrons. The average Bonchev–Trinajstić information content (AvgIpc) is 3.27. The summed E-state index contributed by atoms with van der Waals surface area (Å²) in [5.74, 6) is -0.177. The van der Waals surface area contributed by atoms with Crippen molar-refractivity contribution in [2.24, 2.45) is 0 Å². The Balaban J connectivity index is 1.65. The third kappa shape index (κ3) is 6.67. The number of carboxylic acid groups (broad SMARTS) is 1. The van der Waals surface area contributed by atoms with Crippen LogP contribution in [0.4, 0.5) is 11.8 Å². The highest BCUT2D eigenvalue weighted by atomic mass is 16.6. The van der Waals surface area contributed by atoms with Crippen molar-refractivity contribution < 1.29 is 19.4 Å². The molecule has 1 fully saturated rings. The van der Waals surface area contributed by atoms with E-state index in [2.05, 4.69) is 38.2 Å². The molecule has 0 unspecified atom stereocenters. The van der Waals surface area contributed by atoms with Crippen molar-refractivity contribution in [3.05, 3.63) is 53.9 Å². The fourth-order valence-electron chi connectivity index (χ4n) is 4.71. The van der Waals surface area contributed by atoms with Crippen LogP contribution in [-0.4, -0.2) is 48.7 Å². The van der Waals surface area contributed by atoms with Gasteiger partial charge in [-0.3, -0.25) is 4.79 Å². The van der Waals surface area contributed by atoms with Crippen LogP contribution < -0.4 is 10.6 Å². The average molecular weight is 521 g/mol. The molecule has 1 aliphatic rings. The van der Waals surface area contributed by atoms with Gasteiger partial charge in [-0.25, -0.2) is 9.78 Å². The zero-order valence-electron chi connectivity index (χ0n) is 22.3. The number of aromatic nitrogens is 4. The minimum absolute atomic E-state index is 0.277. The molecule has 0 saturated heterocycles. The standard InChI is InChI=1S/C28H36N6O4/c1-5-13-29-24-23-25(34(17-31-23)16-22(35)36)33-27(32-24)30-15-20-12-11-19(18-9-7-6-8-10-18)14-21(20)26(37)38-28(2,3)4/h5,11-12,14,17-18H,1,6-10,13,15-16H2,2-4H3,(H,35,36)(H2,29,30,32,33). The van der Waals surface area contributed by atoms with Gasteiger partial charge in [0.25, 0.3) is 0 Å². The molecule has 4 rings (SSSR count). The lowest BCUT2D eigenvalue weighted by Gasteiger charge is -2.24. The minimum Gasteiger partial charge on any atom is -0.480 e. The largest absolute Gasteiger partial charge is 0.480 e. The number of carbonyl (C=O) groups is 2. The smallest absolute Gasteiger partial charge is 0.339 e. The molecule has 38 heavy (non-hydrogen) atoms. The second kappa shape index (κ2) is 11.6. The van der Waals surface area contributed by atoms with E-state index in [9.17, 15) is 14.7 Å². The number of aliphatic carboxylic acids is 1. The number of anilines is 2. The highest BCUT2D eigenvalue weighted by Gasteiger charge is 2.23. The van der Waals surface area contributed by atoms with Crippen LogP contribution in [0.15, 0.2) is 37.2 Å². The van der Waals surface area contributed by atoms with Crippen LogP contribution in [0.25, 0.3) is 11.2 Å². The number of benzene rings is 1. The predicted octanol–water partition coefficient (Wildman–Crippen LogP) is 5.12. The van der Waals surface area contributed by atoms with E-state index < -0.39 is 11.6 Å². The van der Waals surface area contributed by atoms with Crippen LogP contribution in [0.1, 0.15) is 80.3 Å². The molecule has 0 amide bonds. The van der Waals surface area contributed by atoms with Crippen LogP contribution in [0.2, 0.25) is 0 Å². The molecule has 0 aliphatic heterocycles. The van der Waals surface area contributed by atoms with Gasteiger partial charge in [-0.2, -0.15) is 9.97 Å². The maximum Gasteiger partial charge on any atom is 0.339 e. The Kier molecular flexibility index (Phi) is 8.29. The summed E-state index contributed by atoms with van der Waals surface area (Å²) in [6, 6.07) is 6.05. The Labute approximate surface area is 222 Å². The lowest BCUT2D eigenvalue weighted by Crippen LogP contribution is -2.25. The normalized spacial score (nSPS) is 14.3. The number of ether oxygens (including phenoxy) is 1. The second-order valence-electron chi connectivity index (χ2n) is 10.6. The second-order valence-corrected chi connectivity index (χ2v) is 10.6. The van der Waals surface area contributed by atoms with Crippen LogP contribution in [0.5, 0.6) is 0 Å². The molecular formula is C28H36N6O4. The number of hydrogen-bond donors (Lipinski definition) is 3. The summed E-state index contributed by atoms with van der Waals surface area (Å²) in [4.78, 5) is 37.9. The monoisotopic (exact) mass is 520 g/mol. The topological polar surface area (TPSA) is 131 Å². The lowest BCUT2D eigenvalue weighted by molar-refractivity contribution is -0.137. The molecule has 0 atom stereocenters. The van der Waals surface area contributed by atoms with Crippen molar-refractivity contribution in [3.63, 3.8) is 0 Å². The van der Waals surface area contributed by atoms with Gasteiger partial charge < -0.3 is 25.0 Å². The lowest BCUT2D eigenvalue weighted by atomic mass is 9.83. The van der Waals surface area contributed by atoms with Gasteiger partial charge in [-0.15, -0.1) is 6.58 Å². The molecule has 1 aromatic carbocycles. The van der Waals surface area contributed by atoms with E-state index in [-0.39, 0.29) is 25.0 Å². The van der Waals surface area contributed by atoms with Crippen molar-refractivity contribution in [3.8, 4) is 0 Å². The fourth-order valence-corrected chi connectivity index (χ4v) is 4.71. The van der Waals surface area contributed by atoms with Gasteiger partial charge in [-0.1, -0.05) is 37.5 Å². The highest BCUT2D eigenvalue weighted by Crippen LogP contribution is 2.34. The molecular weight excluding hydrogens is 484 g/mol. The Morgan fingerprint density at radius 2 is 1.95 bits per heavy atom. The Bertz CT molecular complexity index is 1320. The maximum atomic E-state index is 13.2. The van der Waals surface area contributed by atoms with Gasteiger partial charge in [0.2, 0.25) is 5.95 Å². The number of nitrogens with one attached hydrogen (secondary N) is 2. The van der Waals surface area contributed by atoms with Crippen molar-refractivity contribution in [2.75, 3.05) is 17.2 Å². The predicted molar refractivity (Wildman–Crippen MR) is 146 cm³/mol. The van der Waals surface area contributed by atoms with Crippen molar-refractivity contribution in [1.29, 1.82) is 0 Å². The summed E-state index contributed by atoms with van der Waals surface area (Å²) in [5.41, 5.74) is 2.69. The van der Waals surface area contributed by atoms with Crippen LogP contribution in [0.3, 0.4) is 0 Å². The van der Waals surface area contributed by atoms with E-state index in [0.717, 1.165) is 18.4 Å². The van der Waals surface area contributed by atoms with Crippen molar-refractivity contribution in [1.82, 2.24) is 19.5 Å². The summed E-state index contributed by atoms with van der Waals surface area (Å²) < 4.78 is 7.19. The van der Waals surface area contributed by atoms with Crippen LogP contribution in [0, 0.1) is 0 Å². The zero-order valence-corrected chi connectivity index (χ0v) is 22.3. The van der Waals surface area contributed by atoms with E-state index in [0.29, 0.717) is 35.0 Å². The Hall–Kier alpha value is -3.95. The van der Waals surface area contributed by atoms with Gasteiger partial charge >= 0.3 is 11.9 Å². The molecule has 10 heteroatoms. The third-order valence-electron chi connectivity index (χ3n) is 6.45. The quantitative estimate of drug-likeness (QED) is 0.246. The van der Waals surface area contributed by atoms with Crippen LogP contribution in [-0.2, 0) is 22.6 Å². The summed E-state index contributed by atoms with van der Waals surface area (Å²) >= 11 is 0. The van der Waals surface area contributed by atoms with Gasteiger partial charge in [0.1, 0.15) is 12.1 Å². The molecule has 3 aromatic rings. The van der Waals surface area contributed by atoms with E-state index in [1.807, 2.05) is 32.9 Å². The number of nitrogens with zero attached hydrogens (tertiary/aromatic N) is 4. The first-order valence-electron chi connectivity index (χ1n) is 13.0. The molecule has 202 valence electrons. The molecule has 2 heterocycles. The number of carbonyl (C=O) groups excluding carboxylic acids is 1. The Morgan fingerprint density at radius 3 is 2.63 bits per heavy atom. The highest BCUT2D eigenvalue weighted by molar-refractivity contribution is 5.92. The van der Waals surface area contributed by atoms with E-state index >= 15 is 0 Å². The zero-order chi connectivity index (χ0) is 27.3. The van der Waals surface area contributed by atoms with Crippen LogP contribution >= 0.6 is 0 Å². The number of hydrogen-bond acceptors (Lipinski definition) is 8. The third-order valence-corrected chi connectivity index (χ3v) is 6.45. The number of carboxylic acids is 1. The van der Waals surface area contributed by atoms with Crippen molar-refractivity contribution in [2.45, 2.75) is 77.5 Å². The van der Waals surface area contributed by atoms with E-state index in [1.165, 1.54) is 35.7 Å². The number of esters is 1. The fraction of sp³-hybridized carbons (Fsp3) is 0.464. The minimum atomic E-state index is -1.00. The maximum absolute atomic E-state index is 13.2. The van der Waals surface area contributed by atoms with Crippen molar-refractivity contribution >= 4 is 34.9 Å². The summed E-state index contributed by atoms with van der Waals surface area (Å²) in [6.45, 7) is 9.74. The SMILES string of the molecule is C=CCNc1nc(NCc2ccc(C3CCCCC3)cc2C(=O)OC(C)(C)C)nc2c1ncn2CC(=O)O. The first-order chi connectivity index (χ1) is 18.1. The molecule has 3 N–H and O–H groups in total. The van der Waals surface area contributed by atoms with E-state index in [4.69, 9.17) is 4.74 Å². The summed E-state index contributed by atoms with van der Waals surface area (Å²) in [6.07, 6.45) is 9.05. The molecule has 1 aliphatic carbocycles. The van der Waals surface area contributed by atoms with Gasteiger partial charge in [0.05, 0.1) is 11.9 Å². The molecule has 2 aromatic heterocycles. The summed E-state index contributed by atoms with van der Waals surface area (Å²) in [5, 5.41) is 15.6. The number of rotatable bonds is 10. The van der Waals surface area contributed by atoms with Gasteiger partial charge in [0, 0.05) is 13.1 Å². The Morgan fingerprint density at radius 1 is 1.18 bits per heavy atom. The van der Waals surface area contributed by atoms with E-state index in [1.54, 1.807) is 6.08 Å². The molecule has 0 spiro atoms. The first-order valence-corrected chi connectivity index (χ1v) is 13.0. The van der Waals surface area contributed by atoms with Gasteiger partial charge in [0.15, 0.2) is 17.0 Å². The van der Waals surface area contributed by atoms with Gasteiger partial charge in [-0.05, 0) is 56.7 Å². The molecule has 0 bridgehead atoms. The number of imidazole rings is 1. The number of fused-ring (bicyclic) bond motifs is 1. The molecule has 1 saturated carbocycles. The molecule has 10 nitrogen and oxygen atoms in total. The summed E-state index contributed by atoms with van der Waals surface area (Å²) in [7, 11) is 0.